The molecule has 116 valence electrons. The van der Waals surface area contributed by atoms with Gasteiger partial charge in [-0.2, -0.15) is 0 Å². The zero-order valence-corrected chi connectivity index (χ0v) is 13.3. The van der Waals surface area contributed by atoms with Crippen molar-refractivity contribution in [3.8, 4) is 11.1 Å². The van der Waals surface area contributed by atoms with Crippen molar-refractivity contribution in [3.63, 3.8) is 0 Å². The molecule has 4 nitrogen and oxygen atoms in total. The molecule has 0 bridgehead atoms. The van der Waals surface area contributed by atoms with E-state index in [1.54, 1.807) is 25.2 Å². The number of rotatable bonds is 4. The fourth-order valence-corrected chi connectivity index (χ4v) is 2.46. The van der Waals surface area contributed by atoms with E-state index in [0.29, 0.717) is 5.56 Å². The van der Waals surface area contributed by atoms with Crippen molar-refractivity contribution in [3.05, 3.63) is 78.4 Å². The zero-order valence-electron chi connectivity index (χ0n) is 13.3. The van der Waals surface area contributed by atoms with Crippen molar-refractivity contribution in [2.24, 2.45) is 0 Å². The number of aromatic nitrogens is 2. The van der Waals surface area contributed by atoms with Crippen molar-refractivity contribution in [2.75, 3.05) is 14.1 Å². The van der Waals surface area contributed by atoms with Crippen LogP contribution < -0.4 is 0 Å². The minimum atomic E-state index is 0.0206. The largest absolute Gasteiger partial charge is 0.345 e. The molecule has 0 fully saturated rings. The lowest BCUT2D eigenvalue weighted by atomic mass is 10.0. The second-order valence-electron chi connectivity index (χ2n) is 5.71. The number of nitrogens with zero attached hydrogens (tertiary/aromatic N) is 3. The van der Waals surface area contributed by atoms with Gasteiger partial charge in [0.2, 0.25) is 0 Å². The van der Waals surface area contributed by atoms with Gasteiger partial charge in [0.25, 0.3) is 5.91 Å². The highest BCUT2D eigenvalue weighted by Crippen LogP contribution is 2.21. The molecule has 0 aliphatic rings. The number of amides is 1. The van der Waals surface area contributed by atoms with E-state index in [0.717, 1.165) is 17.7 Å². The standard InChI is InChI=1S/C19H19N3O/c1-21(2)19(23)18-9-7-17(8-10-18)16-5-3-15(4-6-16)13-22-12-11-20-14-22/h3-12,14H,13H2,1-2H3. The molecule has 1 heterocycles. The zero-order chi connectivity index (χ0) is 16.2. The third-order valence-corrected chi connectivity index (χ3v) is 3.75. The van der Waals surface area contributed by atoms with Crippen molar-refractivity contribution in [2.45, 2.75) is 6.54 Å². The van der Waals surface area contributed by atoms with Crippen molar-refractivity contribution < 1.29 is 4.79 Å². The molecule has 3 aromatic rings. The van der Waals surface area contributed by atoms with Crippen LogP contribution in [0.3, 0.4) is 0 Å². The Hall–Kier alpha value is -2.88. The first-order valence-corrected chi connectivity index (χ1v) is 7.50. The highest BCUT2D eigenvalue weighted by Gasteiger charge is 2.07. The third kappa shape index (κ3) is 3.48. The Bertz CT molecular complexity index is 772. The van der Waals surface area contributed by atoms with Crippen LogP contribution in [0.4, 0.5) is 0 Å². The number of imidazole rings is 1. The molecular weight excluding hydrogens is 286 g/mol. The Morgan fingerprint density at radius 3 is 2.13 bits per heavy atom. The van der Waals surface area contributed by atoms with Gasteiger partial charge in [-0.1, -0.05) is 36.4 Å². The van der Waals surface area contributed by atoms with E-state index in [9.17, 15) is 4.79 Å². The van der Waals surface area contributed by atoms with Gasteiger partial charge in [0, 0.05) is 38.6 Å². The first-order chi connectivity index (χ1) is 11.1. The molecule has 23 heavy (non-hydrogen) atoms. The van der Waals surface area contributed by atoms with E-state index in [-0.39, 0.29) is 5.91 Å². The van der Waals surface area contributed by atoms with Crippen LogP contribution in [0.1, 0.15) is 15.9 Å². The molecule has 0 spiro atoms. The van der Waals surface area contributed by atoms with Crippen LogP contribution in [0.15, 0.2) is 67.3 Å². The number of carbonyl (C=O) groups is 1. The summed E-state index contributed by atoms with van der Waals surface area (Å²) >= 11 is 0. The molecule has 0 radical (unpaired) electrons. The average molecular weight is 305 g/mol. The average Bonchev–Trinajstić information content (AvgIpc) is 3.08. The number of carbonyl (C=O) groups excluding carboxylic acids is 1. The first kappa shape index (κ1) is 15.0. The highest BCUT2D eigenvalue weighted by molar-refractivity contribution is 5.94. The minimum absolute atomic E-state index is 0.0206. The lowest BCUT2D eigenvalue weighted by Gasteiger charge is -2.11. The summed E-state index contributed by atoms with van der Waals surface area (Å²) in [7, 11) is 3.52. The van der Waals surface area contributed by atoms with E-state index < -0.39 is 0 Å². The summed E-state index contributed by atoms with van der Waals surface area (Å²) in [5.74, 6) is 0.0206. The van der Waals surface area contributed by atoms with Gasteiger partial charge in [0.05, 0.1) is 6.33 Å². The predicted octanol–water partition coefficient (Wildman–Crippen LogP) is 3.30. The van der Waals surface area contributed by atoms with Gasteiger partial charge < -0.3 is 9.47 Å². The molecule has 2 aromatic carbocycles. The maximum atomic E-state index is 11.9. The molecule has 0 unspecified atom stereocenters. The fraction of sp³-hybridized carbons (Fsp3) is 0.158. The molecule has 1 amide bonds. The number of benzene rings is 2. The lowest BCUT2D eigenvalue weighted by Crippen LogP contribution is -2.21. The molecule has 0 N–H and O–H groups in total. The molecule has 0 aliphatic heterocycles. The summed E-state index contributed by atoms with van der Waals surface area (Å²) in [6, 6.07) is 16.2. The Morgan fingerprint density at radius 1 is 1.00 bits per heavy atom. The van der Waals surface area contributed by atoms with E-state index in [2.05, 4.69) is 29.2 Å². The molecular formula is C19H19N3O. The Kier molecular flexibility index (Phi) is 4.24. The second kappa shape index (κ2) is 6.48. The highest BCUT2D eigenvalue weighted by atomic mass is 16.2. The van der Waals surface area contributed by atoms with Gasteiger partial charge in [-0.3, -0.25) is 4.79 Å². The number of hydrogen-bond acceptors (Lipinski definition) is 2. The van der Waals surface area contributed by atoms with Crippen LogP contribution in [-0.4, -0.2) is 34.5 Å². The molecule has 0 saturated heterocycles. The summed E-state index contributed by atoms with van der Waals surface area (Å²) in [6.45, 7) is 0.816. The second-order valence-corrected chi connectivity index (χ2v) is 5.71. The smallest absolute Gasteiger partial charge is 0.253 e. The van der Waals surface area contributed by atoms with Crippen LogP contribution in [0.25, 0.3) is 11.1 Å². The van der Waals surface area contributed by atoms with Crippen molar-refractivity contribution in [1.29, 1.82) is 0 Å². The van der Waals surface area contributed by atoms with E-state index in [1.807, 2.05) is 41.4 Å². The first-order valence-electron chi connectivity index (χ1n) is 7.50. The van der Waals surface area contributed by atoms with Crippen LogP contribution in [0.2, 0.25) is 0 Å². The summed E-state index contributed by atoms with van der Waals surface area (Å²) in [6.07, 6.45) is 5.55. The molecule has 0 atom stereocenters. The topological polar surface area (TPSA) is 38.1 Å². The minimum Gasteiger partial charge on any atom is -0.345 e. The lowest BCUT2D eigenvalue weighted by molar-refractivity contribution is 0.0827. The van der Waals surface area contributed by atoms with Crippen LogP contribution in [-0.2, 0) is 6.54 Å². The summed E-state index contributed by atoms with van der Waals surface area (Å²) in [4.78, 5) is 17.5. The summed E-state index contributed by atoms with van der Waals surface area (Å²) in [5, 5.41) is 0. The third-order valence-electron chi connectivity index (χ3n) is 3.75. The normalized spacial score (nSPS) is 10.5. The summed E-state index contributed by atoms with van der Waals surface area (Å²) < 4.78 is 2.04. The Morgan fingerprint density at radius 2 is 1.61 bits per heavy atom. The van der Waals surface area contributed by atoms with Gasteiger partial charge in [0.1, 0.15) is 0 Å². The van der Waals surface area contributed by atoms with Crippen LogP contribution >= 0.6 is 0 Å². The van der Waals surface area contributed by atoms with Crippen molar-refractivity contribution >= 4 is 5.91 Å². The van der Waals surface area contributed by atoms with Gasteiger partial charge >= 0.3 is 0 Å². The number of hydrogen-bond donors (Lipinski definition) is 0. The maximum absolute atomic E-state index is 11.9. The Labute approximate surface area is 136 Å². The van der Waals surface area contributed by atoms with Gasteiger partial charge in [0.15, 0.2) is 0 Å². The van der Waals surface area contributed by atoms with Crippen molar-refractivity contribution in [1.82, 2.24) is 14.5 Å². The van der Waals surface area contributed by atoms with Crippen LogP contribution in [0.5, 0.6) is 0 Å². The summed E-state index contributed by atoms with van der Waals surface area (Å²) in [5.41, 5.74) is 4.18. The van der Waals surface area contributed by atoms with E-state index in [1.165, 1.54) is 5.56 Å². The van der Waals surface area contributed by atoms with Crippen LogP contribution in [0, 0.1) is 0 Å². The SMILES string of the molecule is CN(C)C(=O)c1ccc(-c2ccc(Cn3ccnc3)cc2)cc1. The van der Waals surface area contributed by atoms with Gasteiger partial charge in [-0.15, -0.1) is 0 Å². The van der Waals surface area contributed by atoms with E-state index >= 15 is 0 Å². The quantitative estimate of drug-likeness (QED) is 0.742. The predicted molar refractivity (Wildman–Crippen MR) is 91.2 cm³/mol. The molecule has 4 heteroatoms. The maximum Gasteiger partial charge on any atom is 0.253 e. The Balaban J connectivity index is 1.75. The molecule has 3 rings (SSSR count). The van der Waals surface area contributed by atoms with Gasteiger partial charge in [-0.05, 0) is 28.8 Å². The molecule has 0 aliphatic carbocycles. The fourth-order valence-electron chi connectivity index (χ4n) is 2.46. The van der Waals surface area contributed by atoms with Gasteiger partial charge in [-0.25, -0.2) is 4.98 Å². The van der Waals surface area contributed by atoms with E-state index in [4.69, 9.17) is 0 Å². The molecule has 1 aromatic heterocycles. The monoisotopic (exact) mass is 305 g/mol. The molecule has 0 saturated carbocycles.